The van der Waals surface area contributed by atoms with E-state index in [-0.39, 0.29) is 5.82 Å². The molecule has 1 rings (SSSR count). The van der Waals surface area contributed by atoms with Crippen LogP contribution in [0.5, 0.6) is 0 Å². The maximum atomic E-state index is 13.0. The summed E-state index contributed by atoms with van der Waals surface area (Å²) < 4.78 is 13.0. The van der Waals surface area contributed by atoms with E-state index >= 15 is 0 Å². The maximum Gasteiger partial charge on any atom is 0.126 e. The van der Waals surface area contributed by atoms with Gasteiger partial charge in [-0.15, -0.1) is 11.6 Å². The molecule has 0 aromatic heterocycles. The Labute approximate surface area is 76.5 Å². The van der Waals surface area contributed by atoms with Crippen molar-refractivity contribution < 1.29 is 4.39 Å². The fourth-order valence-electron chi connectivity index (χ4n) is 0.991. The number of hydrogen-bond acceptors (Lipinski definition) is 1. The van der Waals surface area contributed by atoms with Gasteiger partial charge < -0.3 is 5.32 Å². The van der Waals surface area contributed by atoms with Crippen LogP contribution in [0.25, 0.3) is 0 Å². The summed E-state index contributed by atoms with van der Waals surface area (Å²) >= 11 is 5.40. The fraction of sp³-hybridized carbons (Fsp3) is 0.333. The Balaban J connectivity index is 2.46. The van der Waals surface area contributed by atoms with Crippen molar-refractivity contribution in [2.75, 3.05) is 12.5 Å². The lowest BCUT2D eigenvalue weighted by atomic mass is 10.1. The van der Waals surface area contributed by atoms with Crippen LogP contribution in [0.2, 0.25) is 0 Å². The lowest BCUT2D eigenvalue weighted by Crippen LogP contribution is -2.15. The molecule has 0 bridgehead atoms. The molecule has 0 fully saturated rings. The molecule has 3 heteroatoms. The normalized spacial score (nSPS) is 10.2. The first-order chi connectivity index (χ1) is 5.84. The quantitative estimate of drug-likeness (QED) is 0.433. The minimum atomic E-state index is -0.145. The van der Waals surface area contributed by atoms with Crippen molar-refractivity contribution in [2.45, 2.75) is 6.42 Å². The number of benzene rings is 1. The standard InChI is InChI=1S/C9H11ClFN/c10-7-12-6-5-8-3-1-2-4-9(8)11/h1-4,12H,5-7H2. The number of halogens is 2. The van der Waals surface area contributed by atoms with Gasteiger partial charge >= 0.3 is 0 Å². The van der Waals surface area contributed by atoms with Crippen LogP contribution in [0.4, 0.5) is 4.39 Å². The smallest absolute Gasteiger partial charge is 0.126 e. The summed E-state index contributed by atoms with van der Waals surface area (Å²) in [4.78, 5) is 0. The molecule has 66 valence electrons. The van der Waals surface area contributed by atoms with Crippen LogP contribution in [-0.4, -0.2) is 12.5 Å². The first kappa shape index (κ1) is 9.49. The number of nitrogens with one attached hydrogen (secondary N) is 1. The Morgan fingerprint density at radius 2 is 2.08 bits per heavy atom. The van der Waals surface area contributed by atoms with Crippen LogP contribution in [0, 0.1) is 5.82 Å². The van der Waals surface area contributed by atoms with E-state index in [1.165, 1.54) is 6.07 Å². The van der Waals surface area contributed by atoms with E-state index in [0.717, 1.165) is 5.56 Å². The predicted octanol–water partition coefficient (Wildman–Crippen LogP) is 2.15. The highest BCUT2D eigenvalue weighted by Gasteiger charge is 1.98. The first-order valence-corrected chi connectivity index (χ1v) is 4.38. The molecule has 1 nitrogen and oxygen atoms in total. The summed E-state index contributed by atoms with van der Waals surface area (Å²) in [6.45, 7) is 0.713. The Bertz CT molecular complexity index is 240. The molecule has 0 aliphatic rings. The zero-order chi connectivity index (χ0) is 8.81. The van der Waals surface area contributed by atoms with E-state index < -0.39 is 0 Å². The van der Waals surface area contributed by atoms with Crippen molar-refractivity contribution in [3.63, 3.8) is 0 Å². The summed E-state index contributed by atoms with van der Waals surface area (Å²) in [7, 11) is 0. The van der Waals surface area contributed by atoms with E-state index in [1.54, 1.807) is 12.1 Å². The molecule has 0 aliphatic heterocycles. The molecule has 0 saturated heterocycles. The third-order valence-electron chi connectivity index (χ3n) is 1.62. The van der Waals surface area contributed by atoms with Gasteiger partial charge in [-0.3, -0.25) is 0 Å². The molecule has 0 amide bonds. The first-order valence-electron chi connectivity index (χ1n) is 3.84. The topological polar surface area (TPSA) is 12.0 Å². The highest BCUT2D eigenvalue weighted by Crippen LogP contribution is 2.05. The van der Waals surface area contributed by atoms with Crippen molar-refractivity contribution in [1.82, 2.24) is 5.32 Å². The maximum absolute atomic E-state index is 13.0. The zero-order valence-electron chi connectivity index (χ0n) is 6.69. The molecule has 0 spiro atoms. The lowest BCUT2D eigenvalue weighted by molar-refractivity contribution is 0.604. The van der Waals surface area contributed by atoms with Crippen LogP contribution < -0.4 is 5.32 Å². The molecule has 0 saturated carbocycles. The van der Waals surface area contributed by atoms with Gasteiger partial charge in [0.1, 0.15) is 5.82 Å². The molecule has 1 N–H and O–H groups in total. The number of hydrogen-bond donors (Lipinski definition) is 1. The Morgan fingerprint density at radius 3 is 2.75 bits per heavy atom. The average Bonchev–Trinajstić information content (AvgIpc) is 2.09. The number of alkyl halides is 1. The third kappa shape index (κ3) is 2.80. The summed E-state index contributed by atoms with van der Waals surface area (Å²) in [5.74, 6) is -0.145. The van der Waals surface area contributed by atoms with Gasteiger partial charge in [0.2, 0.25) is 0 Å². The van der Waals surface area contributed by atoms with Crippen LogP contribution in [0.1, 0.15) is 5.56 Å². The summed E-state index contributed by atoms with van der Waals surface area (Å²) in [5, 5.41) is 2.92. The summed E-state index contributed by atoms with van der Waals surface area (Å²) in [6.07, 6.45) is 0.680. The molecule has 0 atom stereocenters. The van der Waals surface area contributed by atoms with E-state index in [0.29, 0.717) is 19.0 Å². The molecular formula is C9H11ClFN. The number of rotatable bonds is 4. The van der Waals surface area contributed by atoms with Crippen molar-refractivity contribution >= 4 is 11.6 Å². The molecule has 12 heavy (non-hydrogen) atoms. The second kappa shape index (κ2) is 5.12. The Hall–Kier alpha value is -0.600. The van der Waals surface area contributed by atoms with Crippen molar-refractivity contribution in [1.29, 1.82) is 0 Å². The van der Waals surface area contributed by atoms with Gasteiger partial charge in [-0.1, -0.05) is 18.2 Å². The van der Waals surface area contributed by atoms with Crippen molar-refractivity contribution in [2.24, 2.45) is 0 Å². The van der Waals surface area contributed by atoms with Gasteiger partial charge in [-0.25, -0.2) is 4.39 Å². The predicted molar refractivity (Wildman–Crippen MR) is 48.8 cm³/mol. The van der Waals surface area contributed by atoms with Crippen LogP contribution in [0.3, 0.4) is 0 Å². The largest absolute Gasteiger partial charge is 0.304 e. The van der Waals surface area contributed by atoms with Crippen LogP contribution in [-0.2, 0) is 6.42 Å². The van der Waals surface area contributed by atoms with E-state index in [2.05, 4.69) is 5.32 Å². The molecule has 1 aromatic carbocycles. The Morgan fingerprint density at radius 1 is 1.33 bits per heavy atom. The van der Waals surface area contributed by atoms with Crippen LogP contribution in [0.15, 0.2) is 24.3 Å². The van der Waals surface area contributed by atoms with Gasteiger partial charge in [-0.05, 0) is 18.1 Å². The third-order valence-corrected chi connectivity index (χ3v) is 1.81. The van der Waals surface area contributed by atoms with Gasteiger partial charge in [0.25, 0.3) is 0 Å². The van der Waals surface area contributed by atoms with Gasteiger partial charge in [-0.2, -0.15) is 0 Å². The summed E-state index contributed by atoms with van der Waals surface area (Å²) in [6, 6.07) is 7.18. The van der Waals surface area contributed by atoms with E-state index in [4.69, 9.17) is 11.6 Å². The average molecular weight is 188 g/mol. The van der Waals surface area contributed by atoms with Gasteiger partial charge in [0.15, 0.2) is 0 Å². The molecule has 0 radical (unpaired) electrons. The van der Waals surface area contributed by atoms with Crippen LogP contribution >= 0.6 is 11.6 Å². The summed E-state index contributed by atoms with van der Waals surface area (Å²) in [5.41, 5.74) is 0.732. The monoisotopic (exact) mass is 187 g/mol. The second-order valence-electron chi connectivity index (χ2n) is 2.48. The lowest BCUT2D eigenvalue weighted by Gasteiger charge is -2.01. The van der Waals surface area contributed by atoms with Crippen molar-refractivity contribution in [3.05, 3.63) is 35.6 Å². The highest BCUT2D eigenvalue weighted by molar-refractivity contribution is 6.17. The van der Waals surface area contributed by atoms with Gasteiger partial charge in [0.05, 0.1) is 6.00 Å². The molecule has 0 unspecified atom stereocenters. The highest BCUT2D eigenvalue weighted by atomic mass is 35.5. The second-order valence-corrected chi connectivity index (χ2v) is 2.74. The minimum absolute atomic E-state index is 0.145. The van der Waals surface area contributed by atoms with Gasteiger partial charge in [0, 0.05) is 6.54 Å². The molecule has 0 aliphatic carbocycles. The minimum Gasteiger partial charge on any atom is -0.304 e. The molecule has 1 aromatic rings. The zero-order valence-corrected chi connectivity index (χ0v) is 7.44. The molecular weight excluding hydrogens is 177 g/mol. The fourth-order valence-corrected chi connectivity index (χ4v) is 1.12. The molecule has 0 heterocycles. The van der Waals surface area contributed by atoms with E-state index in [9.17, 15) is 4.39 Å². The van der Waals surface area contributed by atoms with Crippen molar-refractivity contribution in [3.8, 4) is 0 Å². The Kier molecular flexibility index (Phi) is 4.05. The SMILES string of the molecule is Fc1ccccc1CCNCCl. The van der Waals surface area contributed by atoms with E-state index in [1.807, 2.05) is 6.07 Å².